The Morgan fingerprint density at radius 2 is 0.540 bits per heavy atom. The Morgan fingerprint density at radius 3 is 0.646 bits per heavy atom. The van der Waals surface area contributed by atoms with Gasteiger partial charge in [0.1, 0.15) is 44.5 Å². The predicted molar refractivity (Wildman–Crippen MR) is 249 cm³/mol. The first kappa shape index (κ1) is 162. The van der Waals surface area contributed by atoms with E-state index in [0.29, 0.717) is 14.4 Å². The topological polar surface area (TPSA) is 55.4 Å². The van der Waals surface area contributed by atoms with Crippen molar-refractivity contribution in [3.8, 4) is 0 Å². The summed E-state index contributed by atoms with van der Waals surface area (Å²) in [6.07, 6.45) is -54.4. The van der Waals surface area contributed by atoms with E-state index in [4.69, 9.17) is 64.0 Å². The average molecular weight is 1890 g/mol. The van der Waals surface area contributed by atoms with E-state index >= 15 is 0 Å². The molecule has 0 amide bonds. The summed E-state index contributed by atoms with van der Waals surface area (Å²) < 4.78 is 711. The van der Waals surface area contributed by atoms with E-state index in [0.717, 1.165) is 0 Å². The largest absolute Gasteiger partial charge is 0.421 e. The second-order valence-electron chi connectivity index (χ2n) is 13.8. The van der Waals surface area contributed by atoms with Gasteiger partial charge < -0.3 is 0 Å². The van der Waals surface area contributed by atoms with Gasteiger partial charge in [-0.25, -0.2) is 74.6 Å². The molecular weight excluding hydrogens is 1840 g/mol. The van der Waals surface area contributed by atoms with Gasteiger partial charge in [0.15, 0.2) is 23.6 Å². The van der Waals surface area contributed by atoms with Gasteiger partial charge in [-0.2, -0.15) is 131 Å². The lowest BCUT2D eigenvalue weighted by atomic mass is 9.69. The third-order valence-electron chi connectivity index (χ3n) is 7.77. The van der Waals surface area contributed by atoms with Crippen LogP contribution in [0.2, 0.25) is 0 Å². The fraction of sp³-hybridized carbons (Fsp3) is 0.756. The third kappa shape index (κ3) is 106. The van der Waals surface area contributed by atoms with Crippen molar-refractivity contribution in [3.63, 3.8) is 0 Å². The molecule has 710 valence electrons. The highest BCUT2D eigenvalue weighted by Gasteiger charge is 2.69. The van der Waals surface area contributed by atoms with Gasteiger partial charge in [-0.1, -0.05) is 0 Å². The summed E-state index contributed by atoms with van der Waals surface area (Å²) in [5, 5.41) is 0. The summed E-state index contributed by atoms with van der Waals surface area (Å²) >= 11 is 0. The molecular formula is C41H48F66O6. The summed E-state index contributed by atoms with van der Waals surface area (Å²) in [6, 6.07) is 0. The van der Waals surface area contributed by atoms with Crippen LogP contribution in [0.3, 0.4) is 0 Å². The van der Waals surface area contributed by atoms with Crippen molar-refractivity contribution < 1.29 is 323 Å². The van der Waals surface area contributed by atoms with Crippen molar-refractivity contribution in [2.24, 2.45) is 16.7 Å². The van der Waals surface area contributed by atoms with Gasteiger partial charge in [-0.05, 0) is 59.6 Å². The highest BCUT2D eigenvalue weighted by atomic mass is 20.0. The fourth-order valence-corrected chi connectivity index (χ4v) is 4.34. The fourth-order valence-electron chi connectivity index (χ4n) is 4.34. The molecule has 72 heteroatoms. The number of hydrogen-bond donors (Lipinski definition) is 0. The Hall–Kier alpha value is -6.16. The van der Waals surface area contributed by atoms with Gasteiger partial charge in [0.2, 0.25) is 48.1 Å². The van der Waals surface area contributed by atoms with E-state index in [1.54, 1.807) is 0 Å². The van der Waals surface area contributed by atoms with E-state index in [1.807, 2.05) is 0 Å². The van der Waals surface area contributed by atoms with Crippen LogP contribution >= 0.6 is 0 Å². The van der Waals surface area contributed by atoms with Gasteiger partial charge in [-0.15, -0.1) is 0 Å². The number of rotatable bonds is 25. The van der Waals surface area contributed by atoms with Crippen LogP contribution in [0, 0.1) is 16.7 Å². The summed E-state index contributed by atoms with van der Waals surface area (Å²) in [5.74, 6) is -17.7. The van der Waals surface area contributed by atoms with E-state index in [-0.39, 0.29) is 12.8 Å². The molecule has 0 aliphatic carbocycles. The Morgan fingerprint density at radius 1 is 0.336 bits per heavy atom. The second kappa shape index (κ2) is 114. The Bertz CT molecular complexity index is 1730. The van der Waals surface area contributed by atoms with Crippen molar-refractivity contribution in [1.82, 2.24) is 0 Å². The number of hydrogen-bond acceptors (Lipinski definition) is 6. The van der Waals surface area contributed by atoms with Crippen molar-refractivity contribution in [2.75, 3.05) is 102 Å². The van der Waals surface area contributed by atoms with Crippen molar-refractivity contribution in [2.45, 2.75) is 80.7 Å². The molecule has 0 aromatic carbocycles. The molecule has 0 aliphatic heterocycles. The third-order valence-corrected chi connectivity index (χ3v) is 7.77. The minimum Gasteiger partial charge on any atom is -0.255 e. The lowest BCUT2D eigenvalue weighted by molar-refractivity contribution is -0.274. The maximum absolute atomic E-state index is 15.0. The van der Waals surface area contributed by atoms with E-state index in [2.05, 4.69) is 42.8 Å². The normalized spacial score (nSPS) is 10.4. The quantitative estimate of drug-likeness (QED) is 0.0671. The molecule has 0 aromatic rings. The molecule has 6 nitrogen and oxygen atoms in total. The smallest absolute Gasteiger partial charge is 0.255 e. The summed E-state index contributed by atoms with van der Waals surface area (Å²) in [5.41, 5.74) is -22.9. The van der Waals surface area contributed by atoms with Crippen molar-refractivity contribution in [3.05, 3.63) is 60.5 Å². The summed E-state index contributed by atoms with van der Waals surface area (Å²) in [4.78, 5) is 14.2. The van der Waals surface area contributed by atoms with Crippen LogP contribution in [-0.4, -0.2) is 158 Å². The van der Waals surface area contributed by atoms with Gasteiger partial charge in [-0.3, -0.25) is 26.3 Å². The molecule has 0 saturated carbocycles. The van der Waals surface area contributed by atoms with Crippen LogP contribution in [0.25, 0.3) is 0 Å². The van der Waals surface area contributed by atoms with Gasteiger partial charge in [0.25, 0.3) is 24.3 Å². The van der Waals surface area contributed by atoms with Crippen LogP contribution < -0.4 is 0 Å². The highest BCUT2D eigenvalue weighted by molar-refractivity contribution is 5.40. The van der Waals surface area contributed by atoms with Crippen molar-refractivity contribution >= 4 is 0 Å². The monoisotopic (exact) mass is 1890 g/mol. The molecule has 0 bridgehead atoms. The molecule has 0 aliphatic rings. The minimum atomic E-state index is -7.03. The zero-order chi connectivity index (χ0) is 97.2. The van der Waals surface area contributed by atoms with Crippen LogP contribution in [0.4, 0.5) is 293 Å². The number of halogens is 66. The molecule has 0 N–H and O–H groups in total. The Balaban J connectivity index is -0.0000000467. The lowest BCUT2D eigenvalue weighted by Gasteiger charge is -2.41. The average Bonchev–Trinajstić information content (AvgIpc) is 0.732. The molecule has 2 unspecified atom stereocenters. The van der Waals surface area contributed by atoms with Crippen LogP contribution in [0.15, 0.2) is 60.5 Å². The molecule has 0 aromatic heterocycles. The maximum atomic E-state index is 15.0. The second-order valence-corrected chi connectivity index (χ2v) is 13.8. The summed E-state index contributed by atoms with van der Waals surface area (Å²) in [7, 11) is 1.00. The van der Waals surface area contributed by atoms with Gasteiger partial charge in [0, 0.05) is 70.5 Å². The van der Waals surface area contributed by atoms with Gasteiger partial charge >= 0.3 is 49.3 Å². The lowest BCUT2D eigenvalue weighted by Crippen LogP contribution is -2.56. The first-order chi connectivity index (χ1) is 52.1. The van der Waals surface area contributed by atoms with Crippen LogP contribution in [0.5, 0.6) is 0 Å². The predicted octanol–water partition coefficient (Wildman–Crippen LogP) is 30.5. The van der Waals surface area contributed by atoms with Gasteiger partial charge in [0.05, 0.1) is 31.9 Å². The Labute approximate surface area is 584 Å². The molecule has 113 heavy (non-hydrogen) atoms. The molecule has 0 fully saturated rings. The molecule has 0 heterocycles. The summed E-state index contributed by atoms with van der Waals surface area (Å²) in [6.45, 7) is -18.4. The molecule has 0 rings (SSSR count). The van der Waals surface area contributed by atoms with Crippen molar-refractivity contribution in [1.29, 1.82) is 0 Å². The zero-order valence-electron chi connectivity index (χ0n) is 53.1. The first-order valence-corrected chi connectivity index (χ1v) is 22.8. The molecule has 0 radical (unpaired) electrons. The number of unbranched alkanes of at least 4 members (excludes halogenated alkanes) is 1. The van der Waals surface area contributed by atoms with Crippen LogP contribution in [-0.2, 0) is 29.6 Å². The molecule has 2 atom stereocenters. The number of alkyl halides is 35. The first-order valence-electron chi connectivity index (χ1n) is 22.8. The highest BCUT2D eigenvalue weighted by Crippen LogP contribution is 2.57. The van der Waals surface area contributed by atoms with E-state index in [9.17, 15) is 229 Å². The van der Waals surface area contributed by atoms with E-state index in [1.165, 1.54) is 0 Å². The van der Waals surface area contributed by atoms with E-state index < -0.39 is 220 Å². The standard InChI is InChI=1S/C14H8F18.C9H12F6.C5H4F8.2C2H2F2.6CH2F2O.CH2F2.2CH3F.7F2/c15-2-10(3-16,8(21)12(25,26)9(22)23)1-11(24,4(6(17)18)13(27,28)29)5(7(19)20)14(30,31)32;10-4-2-1-3-9(5-11,6-12)7(13)8(14)15;6-1-2(5(11,12)13)4(9,10)3(7)8;2*1-2(3)4;6*2-1-4-3;2-1-3;9*1-2/h8-9H,1-3H2;1-6H2;2-3H,1H2;8*1H2;1H2;2*1H3;;;;;;;. The molecule has 0 spiro atoms. The maximum Gasteiger partial charge on any atom is 0.421 e. The number of allylic oxidation sites excluding steroid dienone is 3. The Kier molecular flexibility index (Phi) is 164. The SMILES string of the molecule is C=C(F)F.C=C(F)F.CF.CF.FCC(C(F)(F)F)C(F)(F)C(F)F.FCC(CF)(CC(F)(C(=C(F)F)C(F)(F)F)C(=C(F)F)C(F)(F)F)C(F)C(F)(F)C(F)F.FCCCCC(CF)(CF)C(F)=C(F)F.FCF.FCOF.FCOF.FCOF.FCOF.FCOF.FCOF.FF.FF.FF.FF.FF.FF.FF. The molecule has 0 saturated heterocycles. The minimum absolute atomic E-state index is 0.0249. The zero-order valence-corrected chi connectivity index (χ0v) is 53.1. The van der Waals surface area contributed by atoms with Crippen LogP contribution in [0.1, 0.15) is 25.7 Å².